The number of hydrogen-bond donors (Lipinski definition) is 1. The van der Waals surface area contributed by atoms with E-state index in [-0.39, 0.29) is 5.43 Å². The molecule has 4 nitrogen and oxygen atoms in total. The van der Waals surface area contributed by atoms with Gasteiger partial charge in [-0.05, 0) is 13.8 Å². The molecule has 2 rings (SSSR count). The van der Waals surface area contributed by atoms with E-state index in [0.29, 0.717) is 6.04 Å². The van der Waals surface area contributed by atoms with Crippen molar-refractivity contribution in [1.29, 1.82) is 0 Å². The smallest absolute Gasteiger partial charge is 0.182 e. The molecule has 0 aromatic carbocycles. The topological polar surface area (TPSA) is 43.3 Å². The first kappa shape index (κ1) is 11.4. The molecule has 0 saturated carbocycles. The lowest BCUT2D eigenvalue weighted by Crippen LogP contribution is -2.44. The van der Waals surface area contributed by atoms with Gasteiger partial charge in [-0.25, -0.2) is 0 Å². The van der Waals surface area contributed by atoms with Gasteiger partial charge >= 0.3 is 0 Å². The molecule has 1 atom stereocenters. The van der Waals surface area contributed by atoms with E-state index in [9.17, 15) is 4.79 Å². The molecule has 0 bridgehead atoms. The summed E-state index contributed by atoms with van der Waals surface area (Å²) in [5, 5.41) is 3.41. The lowest BCUT2D eigenvalue weighted by Gasteiger charge is -2.26. The molecule has 1 aromatic rings. The van der Waals surface area contributed by atoms with Gasteiger partial charge in [-0.3, -0.25) is 4.79 Å². The summed E-state index contributed by atoms with van der Waals surface area (Å²) >= 11 is 0. The molecule has 2 heterocycles. The molecule has 1 aliphatic rings. The van der Waals surface area contributed by atoms with Gasteiger partial charge in [0.05, 0.1) is 13.2 Å². The zero-order chi connectivity index (χ0) is 11.5. The van der Waals surface area contributed by atoms with Crippen molar-refractivity contribution < 1.29 is 4.74 Å². The Hall–Kier alpha value is -1.13. The van der Waals surface area contributed by atoms with E-state index >= 15 is 0 Å². The summed E-state index contributed by atoms with van der Waals surface area (Å²) in [5.74, 6) is 0. The van der Waals surface area contributed by atoms with Crippen LogP contribution in [0.2, 0.25) is 0 Å². The number of rotatable bonds is 2. The fourth-order valence-corrected chi connectivity index (χ4v) is 2.13. The van der Waals surface area contributed by atoms with E-state index in [0.717, 1.165) is 37.7 Å². The van der Waals surface area contributed by atoms with Crippen molar-refractivity contribution >= 4 is 0 Å². The molecule has 4 heteroatoms. The third-order valence-corrected chi connectivity index (χ3v) is 2.96. The van der Waals surface area contributed by atoms with Gasteiger partial charge in [0.15, 0.2) is 5.43 Å². The minimum atomic E-state index is 0.0825. The van der Waals surface area contributed by atoms with E-state index < -0.39 is 0 Å². The maximum Gasteiger partial charge on any atom is 0.182 e. The fraction of sp³-hybridized carbons (Fsp3) is 0.583. The molecular weight excluding hydrogens is 204 g/mol. The van der Waals surface area contributed by atoms with E-state index in [1.807, 2.05) is 13.8 Å². The Labute approximate surface area is 95.2 Å². The van der Waals surface area contributed by atoms with E-state index in [1.165, 1.54) is 0 Å². The average molecular weight is 222 g/mol. The summed E-state index contributed by atoms with van der Waals surface area (Å²) in [7, 11) is 0. The van der Waals surface area contributed by atoms with Gasteiger partial charge in [0.2, 0.25) is 0 Å². The van der Waals surface area contributed by atoms with Gasteiger partial charge in [-0.1, -0.05) is 0 Å². The molecule has 1 N–H and O–H groups in total. The first-order valence-corrected chi connectivity index (χ1v) is 5.66. The van der Waals surface area contributed by atoms with E-state index in [2.05, 4.69) is 9.88 Å². The Morgan fingerprint density at radius 3 is 2.69 bits per heavy atom. The van der Waals surface area contributed by atoms with Crippen LogP contribution in [-0.2, 0) is 11.3 Å². The van der Waals surface area contributed by atoms with Crippen LogP contribution in [0.25, 0.3) is 0 Å². The number of hydrogen-bond acceptors (Lipinski definition) is 3. The second kappa shape index (κ2) is 4.80. The molecule has 0 radical (unpaired) electrons. The maximum atomic E-state index is 11.3. The first-order chi connectivity index (χ1) is 7.66. The Balaban J connectivity index is 2.17. The Morgan fingerprint density at radius 1 is 1.44 bits per heavy atom. The van der Waals surface area contributed by atoms with Crippen LogP contribution < -0.4 is 10.7 Å². The minimum Gasteiger partial charge on any atom is -0.378 e. The normalized spacial score (nSPS) is 21.0. The molecule has 0 spiro atoms. The highest BCUT2D eigenvalue weighted by Gasteiger charge is 2.14. The molecule has 0 amide bonds. The second-order valence-electron chi connectivity index (χ2n) is 4.31. The Bertz CT molecular complexity index is 393. The fourth-order valence-electron chi connectivity index (χ4n) is 2.13. The highest BCUT2D eigenvalue weighted by atomic mass is 16.5. The summed E-state index contributed by atoms with van der Waals surface area (Å²) in [5.41, 5.74) is 2.11. The molecule has 0 aliphatic carbocycles. The molecule has 1 unspecified atom stereocenters. The summed E-state index contributed by atoms with van der Waals surface area (Å²) in [4.78, 5) is 11.3. The van der Waals surface area contributed by atoms with Gasteiger partial charge in [-0.2, -0.15) is 0 Å². The van der Waals surface area contributed by atoms with Crippen LogP contribution in [0, 0.1) is 13.8 Å². The van der Waals surface area contributed by atoms with Crippen molar-refractivity contribution in [3.05, 3.63) is 33.7 Å². The monoisotopic (exact) mass is 222 g/mol. The van der Waals surface area contributed by atoms with Crippen LogP contribution >= 0.6 is 0 Å². The minimum absolute atomic E-state index is 0.0825. The molecule has 1 aliphatic heterocycles. The quantitative estimate of drug-likeness (QED) is 0.790. The standard InChI is InChI=1S/C12H18N2O2/c1-9-5-12(15)6-10(2)14(9)7-11-8-16-4-3-13-11/h5-6,11,13H,3-4,7-8H2,1-2H3. The van der Waals surface area contributed by atoms with Gasteiger partial charge in [0.1, 0.15) is 0 Å². The number of pyridine rings is 1. The molecule has 1 fully saturated rings. The molecule has 1 saturated heterocycles. The molecule has 1 aromatic heterocycles. The third kappa shape index (κ3) is 2.51. The second-order valence-corrected chi connectivity index (χ2v) is 4.31. The van der Waals surface area contributed by atoms with Crippen molar-refractivity contribution in [2.45, 2.75) is 26.4 Å². The molecule has 88 valence electrons. The van der Waals surface area contributed by atoms with Crippen molar-refractivity contribution in [1.82, 2.24) is 9.88 Å². The lowest BCUT2D eigenvalue weighted by atomic mass is 10.2. The van der Waals surface area contributed by atoms with E-state index in [4.69, 9.17) is 4.74 Å². The maximum absolute atomic E-state index is 11.3. The zero-order valence-electron chi connectivity index (χ0n) is 9.82. The lowest BCUT2D eigenvalue weighted by molar-refractivity contribution is 0.0710. The third-order valence-electron chi connectivity index (χ3n) is 2.96. The number of nitrogens with zero attached hydrogens (tertiary/aromatic N) is 1. The van der Waals surface area contributed by atoms with E-state index in [1.54, 1.807) is 12.1 Å². The summed E-state index contributed by atoms with van der Waals surface area (Å²) in [6, 6.07) is 3.70. The summed E-state index contributed by atoms with van der Waals surface area (Å²) in [6.07, 6.45) is 0. The van der Waals surface area contributed by atoms with Crippen molar-refractivity contribution in [2.75, 3.05) is 19.8 Å². The van der Waals surface area contributed by atoms with Gasteiger partial charge in [0, 0.05) is 42.7 Å². The predicted molar refractivity (Wildman–Crippen MR) is 62.8 cm³/mol. The first-order valence-electron chi connectivity index (χ1n) is 5.66. The Morgan fingerprint density at radius 2 is 2.12 bits per heavy atom. The summed E-state index contributed by atoms with van der Waals surface area (Å²) in [6.45, 7) is 7.24. The summed E-state index contributed by atoms with van der Waals surface area (Å²) < 4.78 is 7.58. The van der Waals surface area contributed by atoms with Crippen LogP contribution in [0.5, 0.6) is 0 Å². The van der Waals surface area contributed by atoms with Crippen LogP contribution in [-0.4, -0.2) is 30.4 Å². The SMILES string of the molecule is Cc1cc(=O)cc(C)n1CC1COCCN1. The highest BCUT2D eigenvalue weighted by molar-refractivity contribution is 5.12. The van der Waals surface area contributed by atoms with Crippen molar-refractivity contribution in [2.24, 2.45) is 0 Å². The van der Waals surface area contributed by atoms with Gasteiger partial charge < -0.3 is 14.6 Å². The predicted octanol–water partition coefficient (Wildman–Crippen LogP) is 0.454. The number of aryl methyl sites for hydroxylation is 2. The number of nitrogens with one attached hydrogen (secondary N) is 1. The van der Waals surface area contributed by atoms with Crippen molar-refractivity contribution in [3.8, 4) is 0 Å². The van der Waals surface area contributed by atoms with Gasteiger partial charge in [0.25, 0.3) is 0 Å². The van der Waals surface area contributed by atoms with Crippen molar-refractivity contribution in [3.63, 3.8) is 0 Å². The number of morpholine rings is 1. The largest absolute Gasteiger partial charge is 0.378 e. The molecular formula is C12H18N2O2. The Kier molecular flexibility index (Phi) is 3.41. The van der Waals surface area contributed by atoms with Crippen LogP contribution in [0.1, 0.15) is 11.4 Å². The zero-order valence-corrected chi connectivity index (χ0v) is 9.82. The van der Waals surface area contributed by atoms with Crippen LogP contribution in [0.15, 0.2) is 16.9 Å². The highest BCUT2D eigenvalue weighted by Crippen LogP contribution is 2.05. The average Bonchev–Trinajstić information content (AvgIpc) is 2.25. The van der Waals surface area contributed by atoms with Crippen LogP contribution in [0.4, 0.5) is 0 Å². The molecule has 16 heavy (non-hydrogen) atoms. The van der Waals surface area contributed by atoms with Crippen LogP contribution in [0.3, 0.4) is 0 Å². The number of ether oxygens (including phenoxy) is 1. The number of aromatic nitrogens is 1. The van der Waals surface area contributed by atoms with Gasteiger partial charge in [-0.15, -0.1) is 0 Å².